The summed E-state index contributed by atoms with van der Waals surface area (Å²) in [7, 11) is 0. The summed E-state index contributed by atoms with van der Waals surface area (Å²) in [6.07, 6.45) is 0. The second-order valence-electron chi connectivity index (χ2n) is 4.30. The Hall–Kier alpha value is -1.30. The van der Waals surface area contributed by atoms with Crippen molar-refractivity contribution in [2.24, 2.45) is 0 Å². The molecule has 0 fully saturated rings. The second kappa shape index (κ2) is 6.92. The van der Waals surface area contributed by atoms with Gasteiger partial charge in [0.15, 0.2) is 0 Å². The zero-order valence-corrected chi connectivity index (χ0v) is 14.3. The van der Waals surface area contributed by atoms with Gasteiger partial charge in [-0.05, 0) is 0 Å². The van der Waals surface area contributed by atoms with Crippen molar-refractivity contribution in [1.82, 2.24) is 0 Å². The van der Waals surface area contributed by atoms with Crippen molar-refractivity contribution in [3.05, 3.63) is 84.9 Å². The monoisotopic (exact) mass is 390 g/mol. The van der Waals surface area contributed by atoms with E-state index in [0.717, 1.165) is 0 Å². The molecule has 3 rings (SSSR count). The van der Waals surface area contributed by atoms with Gasteiger partial charge in [0.2, 0.25) is 0 Å². The van der Waals surface area contributed by atoms with Gasteiger partial charge in [-0.15, -0.1) is 0 Å². The first kappa shape index (κ1) is 13.7. The van der Waals surface area contributed by atoms with Crippen molar-refractivity contribution in [3.8, 4) is 0 Å². The number of benzene rings is 3. The van der Waals surface area contributed by atoms with Gasteiger partial charge in [0.25, 0.3) is 0 Å². The van der Waals surface area contributed by atoms with Crippen LogP contribution in [-0.4, -0.2) is 29.9 Å². The summed E-state index contributed by atoms with van der Waals surface area (Å²) in [6, 6.07) is 30.6. The van der Waals surface area contributed by atoms with Crippen LogP contribution in [0.15, 0.2) is 84.9 Å². The van der Waals surface area contributed by atoms with Crippen molar-refractivity contribution in [2.45, 2.75) is 0 Å². The first-order valence-corrected chi connectivity index (χ1v) is 9.89. The molecule has 0 bridgehead atoms. The molecule has 3 aromatic carbocycles. The molecule has 0 spiro atoms. The summed E-state index contributed by atoms with van der Waals surface area (Å²) in [5.74, 6) is 0. The Morgan fingerprint density at radius 1 is 0.350 bits per heavy atom. The molecule has 2 heteroatoms. The van der Waals surface area contributed by atoms with E-state index in [1.807, 2.05) is 0 Å². The average molecular weight is 388 g/mol. The molecule has 0 saturated carbocycles. The van der Waals surface area contributed by atoms with E-state index in [4.69, 9.17) is 0 Å². The van der Waals surface area contributed by atoms with Crippen LogP contribution in [0.5, 0.6) is 0 Å². The summed E-state index contributed by atoms with van der Waals surface area (Å²) in [6.45, 7) is 0. The molecule has 3 aromatic rings. The van der Waals surface area contributed by atoms with Gasteiger partial charge in [0.05, 0.1) is 0 Å². The summed E-state index contributed by atoms with van der Waals surface area (Å²) in [4.78, 5) is 0. The van der Waals surface area contributed by atoms with E-state index in [1.54, 1.807) is 0 Å². The van der Waals surface area contributed by atoms with Crippen molar-refractivity contribution < 1.29 is 0 Å². The van der Waals surface area contributed by atoms with Gasteiger partial charge in [-0.3, -0.25) is 0 Å². The standard InChI is InChI=1S/C18H14Se2/c1-3-7-15(8-4-1)19-17-11-13-18(14-12-17)20-16-9-5-2-6-10-16/h1-14H. The van der Waals surface area contributed by atoms with Crippen LogP contribution in [-0.2, 0) is 0 Å². The minimum atomic E-state index is 0.416. The Labute approximate surface area is 132 Å². The van der Waals surface area contributed by atoms with E-state index < -0.39 is 0 Å². The molecule has 98 valence electrons. The van der Waals surface area contributed by atoms with Crippen LogP contribution in [0.4, 0.5) is 0 Å². The second-order valence-corrected chi connectivity index (χ2v) is 9.11. The molecule has 0 radical (unpaired) electrons. The molecule has 0 aliphatic carbocycles. The predicted molar refractivity (Wildman–Crippen MR) is 89.4 cm³/mol. The third-order valence-corrected chi connectivity index (χ3v) is 7.04. The number of rotatable bonds is 4. The number of hydrogen-bond donors (Lipinski definition) is 0. The van der Waals surface area contributed by atoms with E-state index >= 15 is 0 Å². The SMILES string of the molecule is c1ccc([Se]c2ccc([Se]c3ccccc3)cc2)cc1. The Bertz CT molecular complexity index is 586. The minimum absolute atomic E-state index is 0.416. The van der Waals surface area contributed by atoms with Crippen LogP contribution < -0.4 is 17.8 Å². The summed E-state index contributed by atoms with van der Waals surface area (Å²) in [5, 5.41) is 0. The van der Waals surface area contributed by atoms with E-state index in [9.17, 15) is 0 Å². The zero-order chi connectivity index (χ0) is 13.6. The average Bonchev–Trinajstić information content (AvgIpc) is 2.51. The topological polar surface area (TPSA) is 0 Å². The van der Waals surface area contributed by atoms with Crippen molar-refractivity contribution in [1.29, 1.82) is 0 Å². The maximum atomic E-state index is 2.28. The third-order valence-electron chi connectivity index (χ3n) is 2.78. The first-order chi connectivity index (χ1) is 9.90. The van der Waals surface area contributed by atoms with E-state index in [-0.39, 0.29) is 0 Å². The predicted octanol–water partition coefficient (Wildman–Crippen LogP) is 0.997. The zero-order valence-electron chi connectivity index (χ0n) is 10.9. The molecule has 0 aliphatic rings. The Balaban J connectivity index is 1.69. The van der Waals surface area contributed by atoms with E-state index in [2.05, 4.69) is 84.9 Å². The molecular formula is C18H14Se2. The summed E-state index contributed by atoms with van der Waals surface area (Å²) in [5.41, 5.74) is 0. The molecule has 0 aliphatic heterocycles. The quantitative estimate of drug-likeness (QED) is 0.586. The van der Waals surface area contributed by atoms with Gasteiger partial charge in [0.1, 0.15) is 0 Å². The molecule has 0 amide bonds. The van der Waals surface area contributed by atoms with Gasteiger partial charge in [-0.25, -0.2) is 0 Å². The molecule has 0 atom stereocenters. The molecule has 0 N–H and O–H groups in total. The van der Waals surface area contributed by atoms with Crippen LogP contribution >= 0.6 is 0 Å². The van der Waals surface area contributed by atoms with Gasteiger partial charge >= 0.3 is 133 Å². The Morgan fingerprint density at radius 2 is 0.650 bits per heavy atom. The molecule has 0 aromatic heterocycles. The number of hydrogen-bond acceptors (Lipinski definition) is 0. The molecular weight excluding hydrogens is 374 g/mol. The fourth-order valence-corrected chi connectivity index (χ4v) is 5.34. The van der Waals surface area contributed by atoms with Crippen molar-refractivity contribution in [3.63, 3.8) is 0 Å². The van der Waals surface area contributed by atoms with Crippen molar-refractivity contribution in [2.75, 3.05) is 0 Å². The van der Waals surface area contributed by atoms with Crippen molar-refractivity contribution >= 4 is 47.8 Å². The molecule has 0 heterocycles. The maximum absolute atomic E-state index is 2.28. The first-order valence-electron chi connectivity index (χ1n) is 6.46. The molecule has 0 nitrogen and oxygen atoms in total. The van der Waals surface area contributed by atoms with Gasteiger partial charge in [-0.2, -0.15) is 0 Å². The Morgan fingerprint density at radius 3 is 1.00 bits per heavy atom. The van der Waals surface area contributed by atoms with Gasteiger partial charge < -0.3 is 0 Å². The fraction of sp³-hybridized carbons (Fsp3) is 0. The van der Waals surface area contributed by atoms with Crippen LogP contribution in [0.3, 0.4) is 0 Å². The third kappa shape index (κ3) is 3.85. The fourth-order valence-electron chi connectivity index (χ4n) is 1.82. The summed E-state index contributed by atoms with van der Waals surface area (Å²) >= 11 is 0.832. The van der Waals surface area contributed by atoms with Crippen LogP contribution in [0.1, 0.15) is 0 Å². The summed E-state index contributed by atoms with van der Waals surface area (Å²) < 4.78 is 5.75. The molecule has 0 unspecified atom stereocenters. The van der Waals surface area contributed by atoms with Gasteiger partial charge in [0, 0.05) is 0 Å². The van der Waals surface area contributed by atoms with Crippen LogP contribution in [0, 0.1) is 0 Å². The van der Waals surface area contributed by atoms with Crippen LogP contribution in [0.2, 0.25) is 0 Å². The van der Waals surface area contributed by atoms with Gasteiger partial charge in [-0.1, -0.05) is 0 Å². The van der Waals surface area contributed by atoms with E-state index in [1.165, 1.54) is 17.8 Å². The van der Waals surface area contributed by atoms with E-state index in [0.29, 0.717) is 29.9 Å². The molecule has 20 heavy (non-hydrogen) atoms. The Kier molecular flexibility index (Phi) is 4.73. The molecule has 0 saturated heterocycles. The van der Waals surface area contributed by atoms with Crippen LogP contribution in [0.25, 0.3) is 0 Å². The normalized spacial score (nSPS) is 10.4.